The summed E-state index contributed by atoms with van der Waals surface area (Å²) in [5, 5.41) is 0.940. The van der Waals surface area contributed by atoms with Gasteiger partial charge in [-0.05, 0) is 41.4 Å². The van der Waals surface area contributed by atoms with E-state index in [9.17, 15) is 0 Å². The summed E-state index contributed by atoms with van der Waals surface area (Å²) in [6.07, 6.45) is 3.52. The third-order valence-electron chi connectivity index (χ3n) is 2.40. The van der Waals surface area contributed by atoms with E-state index in [1.54, 1.807) is 23.7 Å². The molecule has 0 aliphatic carbocycles. The first kappa shape index (κ1) is 11.7. The zero-order valence-corrected chi connectivity index (χ0v) is 11.5. The lowest BCUT2D eigenvalue weighted by Crippen LogP contribution is -2.11. The van der Waals surface area contributed by atoms with Crippen LogP contribution in [0.1, 0.15) is 27.2 Å². The minimum atomic E-state index is -0.192. The molecule has 2 heterocycles. The zero-order chi connectivity index (χ0) is 11.7. The number of aromatic nitrogens is 2. The molecule has 2 N–H and O–H groups in total. The Hall–Kier alpha value is -0.780. The summed E-state index contributed by atoms with van der Waals surface area (Å²) in [6.45, 7) is 4.06. The van der Waals surface area contributed by atoms with Crippen LogP contribution in [0.25, 0.3) is 0 Å². The van der Waals surface area contributed by atoms with Gasteiger partial charge in [0.2, 0.25) is 0 Å². The van der Waals surface area contributed by atoms with Crippen LogP contribution in [-0.4, -0.2) is 9.97 Å². The molecule has 1 unspecified atom stereocenters. The van der Waals surface area contributed by atoms with Crippen LogP contribution in [0.4, 0.5) is 0 Å². The number of aryl methyl sites for hydroxylation is 2. The lowest BCUT2D eigenvalue weighted by atomic mass is 10.1. The highest BCUT2D eigenvalue weighted by Gasteiger charge is 2.14. The molecular weight excluding hydrogens is 286 g/mol. The topological polar surface area (TPSA) is 51.8 Å². The number of nitrogens with zero attached hydrogens (tertiary/aromatic N) is 2. The van der Waals surface area contributed by atoms with Gasteiger partial charge in [0.05, 0.1) is 11.7 Å². The van der Waals surface area contributed by atoms with Crippen molar-refractivity contribution >= 4 is 27.3 Å². The monoisotopic (exact) mass is 297 g/mol. The highest BCUT2D eigenvalue weighted by molar-refractivity contribution is 9.10. The van der Waals surface area contributed by atoms with Crippen LogP contribution in [0.5, 0.6) is 0 Å². The number of rotatable bonds is 2. The van der Waals surface area contributed by atoms with Gasteiger partial charge in [0, 0.05) is 21.7 Å². The molecule has 0 saturated carbocycles. The molecule has 0 aromatic carbocycles. The van der Waals surface area contributed by atoms with Gasteiger partial charge in [0.1, 0.15) is 5.01 Å². The maximum atomic E-state index is 6.15. The van der Waals surface area contributed by atoms with E-state index in [2.05, 4.69) is 32.8 Å². The van der Waals surface area contributed by atoms with Crippen molar-refractivity contribution in [2.75, 3.05) is 0 Å². The minimum absolute atomic E-state index is 0.192. The Kier molecular flexibility index (Phi) is 3.37. The predicted molar refractivity (Wildman–Crippen MR) is 69.6 cm³/mol. The van der Waals surface area contributed by atoms with Gasteiger partial charge in [-0.2, -0.15) is 0 Å². The molecule has 0 amide bonds. The van der Waals surface area contributed by atoms with Crippen molar-refractivity contribution in [2.24, 2.45) is 5.73 Å². The Bertz CT molecular complexity index is 490. The highest BCUT2D eigenvalue weighted by atomic mass is 79.9. The fourth-order valence-corrected chi connectivity index (χ4v) is 2.71. The summed E-state index contributed by atoms with van der Waals surface area (Å²) in [4.78, 5) is 9.79. The second-order valence-electron chi connectivity index (χ2n) is 3.61. The molecule has 2 aromatic heterocycles. The highest BCUT2D eigenvalue weighted by Crippen LogP contribution is 2.26. The Labute approximate surface area is 107 Å². The normalized spacial score (nSPS) is 12.8. The standard InChI is InChI=1S/C11H12BrN3S/c1-6-7(2)16-11(15-6)10(13)8-3-9(12)5-14-4-8/h3-5,10H,13H2,1-2H3. The van der Waals surface area contributed by atoms with E-state index in [4.69, 9.17) is 5.73 Å². The van der Waals surface area contributed by atoms with Gasteiger partial charge in [-0.25, -0.2) is 4.98 Å². The van der Waals surface area contributed by atoms with Crippen molar-refractivity contribution in [3.63, 3.8) is 0 Å². The van der Waals surface area contributed by atoms with Crippen LogP contribution in [0, 0.1) is 13.8 Å². The van der Waals surface area contributed by atoms with Crippen LogP contribution >= 0.6 is 27.3 Å². The third kappa shape index (κ3) is 2.31. The quantitative estimate of drug-likeness (QED) is 0.927. The van der Waals surface area contributed by atoms with Gasteiger partial charge in [-0.1, -0.05) is 0 Å². The van der Waals surface area contributed by atoms with Crippen molar-refractivity contribution in [2.45, 2.75) is 19.9 Å². The van der Waals surface area contributed by atoms with Crippen LogP contribution in [0.2, 0.25) is 0 Å². The predicted octanol–water partition coefficient (Wildman–Crippen LogP) is 2.97. The Morgan fingerprint density at radius 2 is 2.12 bits per heavy atom. The van der Waals surface area contributed by atoms with Gasteiger partial charge in [0.25, 0.3) is 0 Å². The first-order valence-corrected chi connectivity index (χ1v) is 6.49. The SMILES string of the molecule is Cc1nc(C(N)c2cncc(Br)c2)sc1C. The molecule has 0 radical (unpaired) electrons. The molecule has 2 rings (SSSR count). The summed E-state index contributed by atoms with van der Waals surface area (Å²) in [5.41, 5.74) is 8.18. The van der Waals surface area contributed by atoms with Crippen molar-refractivity contribution in [3.8, 4) is 0 Å². The molecular formula is C11H12BrN3S. The summed E-state index contributed by atoms with van der Waals surface area (Å²) in [5.74, 6) is 0. The molecule has 16 heavy (non-hydrogen) atoms. The van der Waals surface area contributed by atoms with Crippen LogP contribution in [-0.2, 0) is 0 Å². The van der Waals surface area contributed by atoms with Crippen LogP contribution in [0.15, 0.2) is 22.9 Å². The molecule has 1 atom stereocenters. The van der Waals surface area contributed by atoms with E-state index in [1.165, 1.54) is 4.88 Å². The van der Waals surface area contributed by atoms with Crippen molar-refractivity contribution < 1.29 is 0 Å². The fourth-order valence-electron chi connectivity index (χ4n) is 1.37. The molecule has 0 fully saturated rings. The van der Waals surface area contributed by atoms with Gasteiger partial charge in [-0.15, -0.1) is 11.3 Å². The van der Waals surface area contributed by atoms with Crippen molar-refractivity contribution in [1.82, 2.24) is 9.97 Å². The number of hydrogen-bond acceptors (Lipinski definition) is 4. The summed E-state index contributed by atoms with van der Waals surface area (Å²) in [7, 11) is 0. The largest absolute Gasteiger partial charge is 0.318 e. The van der Waals surface area contributed by atoms with Crippen molar-refractivity contribution in [3.05, 3.63) is 44.1 Å². The van der Waals surface area contributed by atoms with Gasteiger partial charge in [0.15, 0.2) is 0 Å². The van der Waals surface area contributed by atoms with Crippen LogP contribution < -0.4 is 5.73 Å². The molecule has 0 aliphatic heterocycles. The van der Waals surface area contributed by atoms with E-state index in [-0.39, 0.29) is 6.04 Å². The second-order valence-corrected chi connectivity index (χ2v) is 5.76. The number of thiazole rings is 1. The van der Waals surface area contributed by atoms with Crippen LogP contribution in [0.3, 0.4) is 0 Å². The van der Waals surface area contributed by atoms with Crippen molar-refractivity contribution in [1.29, 1.82) is 0 Å². The number of pyridine rings is 1. The Morgan fingerprint density at radius 1 is 1.38 bits per heavy atom. The minimum Gasteiger partial charge on any atom is -0.318 e. The molecule has 0 aliphatic rings. The Morgan fingerprint density at radius 3 is 2.69 bits per heavy atom. The summed E-state index contributed by atoms with van der Waals surface area (Å²) >= 11 is 5.03. The number of halogens is 1. The average molecular weight is 298 g/mol. The van der Waals surface area contributed by atoms with E-state index in [0.29, 0.717) is 0 Å². The molecule has 84 valence electrons. The number of hydrogen-bond donors (Lipinski definition) is 1. The lowest BCUT2D eigenvalue weighted by molar-refractivity contribution is 0.844. The summed E-state index contributed by atoms with van der Waals surface area (Å²) < 4.78 is 0.936. The molecule has 0 spiro atoms. The smallest absolute Gasteiger partial charge is 0.114 e. The Balaban J connectivity index is 2.35. The molecule has 0 bridgehead atoms. The van der Waals surface area contributed by atoms with Gasteiger partial charge < -0.3 is 5.73 Å². The first-order valence-electron chi connectivity index (χ1n) is 4.88. The molecule has 5 heteroatoms. The molecule has 0 saturated heterocycles. The maximum absolute atomic E-state index is 6.15. The van der Waals surface area contributed by atoms with E-state index in [1.807, 2.05) is 13.0 Å². The van der Waals surface area contributed by atoms with E-state index in [0.717, 1.165) is 20.7 Å². The first-order chi connectivity index (χ1) is 7.58. The van der Waals surface area contributed by atoms with Gasteiger partial charge >= 0.3 is 0 Å². The van der Waals surface area contributed by atoms with Gasteiger partial charge in [-0.3, -0.25) is 4.98 Å². The maximum Gasteiger partial charge on any atom is 0.114 e. The third-order valence-corrected chi connectivity index (χ3v) is 3.99. The summed E-state index contributed by atoms with van der Waals surface area (Å²) in [6, 6.07) is 1.78. The second kappa shape index (κ2) is 4.61. The van der Waals surface area contributed by atoms with E-state index >= 15 is 0 Å². The molecule has 3 nitrogen and oxygen atoms in total. The lowest BCUT2D eigenvalue weighted by Gasteiger charge is -2.08. The number of nitrogens with two attached hydrogens (primary N) is 1. The zero-order valence-electron chi connectivity index (χ0n) is 9.07. The molecule has 2 aromatic rings. The fraction of sp³-hybridized carbons (Fsp3) is 0.273. The average Bonchev–Trinajstić information content (AvgIpc) is 2.58. The van der Waals surface area contributed by atoms with E-state index < -0.39 is 0 Å².